The molecule has 0 radical (unpaired) electrons. The molecule has 0 aromatic heterocycles. The minimum atomic E-state index is -1.86. The summed E-state index contributed by atoms with van der Waals surface area (Å²) in [6.45, 7) is 4.22. The Balaban J connectivity index is 1.97. The Morgan fingerprint density at radius 3 is 2.57 bits per heavy atom. The molecule has 4 bridgehead atoms. The first-order chi connectivity index (χ1) is 14.4. The van der Waals surface area contributed by atoms with Gasteiger partial charge in [-0.05, 0) is 65.0 Å². The molecule has 0 saturated heterocycles. The minimum absolute atomic E-state index is 0.0283. The second-order valence-corrected chi connectivity index (χ2v) is 8.68. The molecule has 152 valence electrons. The highest BCUT2D eigenvalue weighted by atomic mass is 35.5. The molecule has 4 rings (SSSR count). The molecule has 0 saturated carbocycles. The molecule has 0 fully saturated rings. The van der Waals surface area contributed by atoms with E-state index in [4.69, 9.17) is 11.6 Å². The number of carbonyl (C=O) groups is 1. The van der Waals surface area contributed by atoms with Crippen LogP contribution in [0.15, 0.2) is 58.6 Å². The highest BCUT2D eigenvalue weighted by Crippen LogP contribution is 2.36. The number of rotatable bonds is 1. The lowest BCUT2D eigenvalue weighted by Crippen LogP contribution is -2.23. The van der Waals surface area contributed by atoms with Gasteiger partial charge >= 0.3 is 0 Å². The fourth-order valence-corrected chi connectivity index (χ4v) is 4.95. The average Bonchev–Trinajstić information content (AvgIpc) is 2.73. The first kappa shape index (κ1) is 20.3. The van der Waals surface area contributed by atoms with E-state index >= 15 is 0 Å². The van der Waals surface area contributed by atoms with E-state index in [-0.39, 0.29) is 27.1 Å². The Morgan fingerprint density at radius 2 is 1.80 bits per heavy atom. The second-order valence-electron chi connectivity index (χ2n) is 7.09. The standard InChI is InChI=1S/C22H18ClN3O3S/c1-12-7-13(2)19-10-17(12)16-6-4-3-5-14(16)11-24-22(27)15-8-18(23)21(25-28)20(9-15)30(29)26-19/h3-10,26H,11H2,1-2H3,(H,24,27). The number of hydrogen-bond acceptors (Lipinski definition) is 4. The van der Waals surface area contributed by atoms with Gasteiger partial charge in [-0.1, -0.05) is 41.9 Å². The molecule has 1 aliphatic heterocycles. The summed E-state index contributed by atoms with van der Waals surface area (Å²) in [4.78, 5) is 24.2. The van der Waals surface area contributed by atoms with Crippen molar-refractivity contribution < 1.29 is 9.00 Å². The minimum Gasteiger partial charge on any atom is -0.348 e. The summed E-state index contributed by atoms with van der Waals surface area (Å²) in [6, 6.07) is 14.5. The van der Waals surface area contributed by atoms with E-state index in [1.807, 2.05) is 50.2 Å². The van der Waals surface area contributed by atoms with Crippen LogP contribution < -0.4 is 10.0 Å². The number of aryl methyl sites for hydroxylation is 2. The largest absolute Gasteiger partial charge is 0.348 e. The molecule has 1 heterocycles. The molecule has 1 aliphatic rings. The van der Waals surface area contributed by atoms with Crippen LogP contribution in [0.5, 0.6) is 0 Å². The van der Waals surface area contributed by atoms with E-state index in [9.17, 15) is 13.9 Å². The molecule has 0 aliphatic carbocycles. The fraction of sp³-hybridized carbons (Fsp3) is 0.136. The van der Waals surface area contributed by atoms with Gasteiger partial charge in [-0.2, -0.15) is 0 Å². The van der Waals surface area contributed by atoms with Crippen LogP contribution in [0.25, 0.3) is 11.1 Å². The van der Waals surface area contributed by atoms with Gasteiger partial charge in [0.1, 0.15) is 5.69 Å². The smallest absolute Gasteiger partial charge is 0.251 e. The van der Waals surface area contributed by atoms with Gasteiger partial charge in [-0.15, -0.1) is 4.91 Å². The number of nitroso groups, excluding NO2 is 1. The summed E-state index contributed by atoms with van der Waals surface area (Å²) in [5.74, 6) is -0.388. The molecule has 1 amide bonds. The Kier molecular flexibility index (Phi) is 5.40. The number of hydrogen-bond donors (Lipinski definition) is 2. The lowest BCUT2D eigenvalue weighted by molar-refractivity contribution is 0.0951. The number of amides is 1. The molecular formula is C22H18ClN3O3S. The fourth-order valence-electron chi connectivity index (χ4n) is 3.56. The zero-order valence-corrected chi connectivity index (χ0v) is 17.9. The van der Waals surface area contributed by atoms with Crippen LogP contribution >= 0.6 is 11.6 Å². The van der Waals surface area contributed by atoms with Crippen molar-refractivity contribution in [2.24, 2.45) is 5.18 Å². The van der Waals surface area contributed by atoms with Crippen molar-refractivity contribution in [1.82, 2.24) is 5.32 Å². The van der Waals surface area contributed by atoms with Gasteiger partial charge in [0, 0.05) is 12.1 Å². The van der Waals surface area contributed by atoms with Crippen molar-refractivity contribution >= 4 is 39.9 Å². The highest BCUT2D eigenvalue weighted by Gasteiger charge is 2.21. The van der Waals surface area contributed by atoms with E-state index in [1.165, 1.54) is 12.1 Å². The maximum Gasteiger partial charge on any atom is 0.251 e. The monoisotopic (exact) mass is 439 g/mol. The van der Waals surface area contributed by atoms with E-state index in [1.54, 1.807) is 0 Å². The number of nitrogens with one attached hydrogen (secondary N) is 2. The van der Waals surface area contributed by atoms with Gasteiger partial charge in [-0.3, -0.25) is 4.79 Å². The molecular weight excluding hydrogens is 422 g/mol. The molecule has 1 atom stereocenters. The van der Waals surface area contributed by atoms with Gasteiger partial charge in [0.15, 0.2) is 11.0 Å². The number of benzene rings is 3. The van der Waals surface area contributed by atoms with Crippen molar-refractivity contribution in [3.8, 4) is 11.1 Å². The third-order valence-corrected chi connectivity index (χ3v) is 6.51. The van der Waals surface area contributed by atoms with Crippen LogP contribution in [0, 0.1) is 18.8 Å². The SMILES string of the molecule is Cc1cc(C)c2cc1NS(=O)c1cc(cc(Cl)c1N=O)C(=O)NCc1ccccc1-2. The molecule has 6 nitrogen and oxygen atoms in total. The number of nitrogens with zero attached hydrogens (tertiary/aromatic N) is 1. The quantitative estimate of drug-likeness (QED) is 0.497. The molecule has 1 unspecified atom stereocenters. The van der Waals surface area contributed by atoms with E-state index in [2.05, 4.69) is 15.2 Å². The summed E-state index contributed by atoms with van der Waals surface area (Å²) in [5.41, 5.74) is 5.54. The Morgan fingerprint density at radius 1 is 1.03 bits per heavy atom. The number of anilines is 1. The second kappa shape index (κ2) is 8.01. The molecule has 2 N–H and O–H groups in total. The number of halogens is 1. The molecule has 0 spiro atoms. The summed E-state index contributed by atoms with van der Waals surface area (Å²) in [7, 11) is -1.86. The summed E-state index contributed by atoms with van der Waals surface area (Å²) in [6.07, 6.45) is 0. The normalized spacial score (nSPS) is 15.6. The van der Waals surface area contributed by atoms with E-state index in [0.717, 1.165) is 27.8 Å². The first-order valence-electron chi connectivity index (χ1n) is 9.22. The van der Waals surface area contributed by atoms with Crippen molar-refractivity contribution in [2.75, 3.05) is 4.72 Å². The maximum atomic E-state index is 13.1. The van der Waals surface area contributed by atoms with Crippen LogP contribution in [0.2, 0.25) is 5.02 Å². The molecule has 30 heavy (non-hydrogen) atoms. The average molecular weight is 440 g/mol. The molecule has 8 heteroatoms. The van der Waals surface area contributed by atoms with Gasteiger partial charge in [0.25, 0.3) is 5.91 Å². The molecule has 3 aromatic rings. The predicted octanol–water partition coefficient (Wildman–Crippen LogP) is 5.40. The Labute approximate surface area is 181 Å². The predicted molar refractivity (Wildman–Crippen MR) is 119 cm³/mol. The summed E-state index contributed by atoms with van der Waals surface area (Å²) < 4.78 is 16.1. The third-order valence-electron chi connectivity index (χ3n) is 5.10. The van der Waals surface area contributed by atoms with Gasteiger partial charge in [0.05, 0.1) is 15.6 Å². The van der Waals surface area contributed by atoms with Crippen LogP contribution in [0.1, 0.15) is 27.0 Å². The van der Waals surface area contributed by atoms with Gasteiger partial charge in [-0.25, -0.2) is 4.21 Å². The first-order valence-corrected chi connectivity index (χ1v) is 10.7. The third kappa shape index (κ3) is 3.62. The highest BCUT2D eigenvalue weighted by molar-refractivity contribution is 7.86. The van der Waals surface area contributed by atoms with Crippen molar-refractivity contribution in [2.45, 2.75) is 25.3 Å². The van der Waals surface area contributed by atoms with Crippen LogP contribution in [-0.2, 0) is 17.5 Å². The zero-order valence-electron chi connectivity index (χ0n) is 16.3. The zero-order chi connectivity index (χ0) is 21.4. The molecule has 3 aromatic carbocycles. The van der Waals surface area contributed by atoms with Crippen molar-refractivity contribution in [3.05, 3.63) is 80.7 Å². The van der Waals surface area contributed by atoms with Crippen LogP contribution in [0.4, 0.5) is 11.4 Å². The summed E-state index contributed by atoms with van der Waals surface area (Å²) in [5, 5.41) is 5.78. The van der Waals surface area contributed by atoms with E-state index in [0.29, 0.717) is 12.2 Å². The van der Waals surface area contributed by atoms with Crippen LogP contribution in [-0.4, -0.2) is 10.1 Å². The Bertz CT molecular complexity index is 1230. The van der Waals surface area contributed by atoms with Crippen LogP contribution in [0.3, 0.4) is 0 Å². The van der Waals surface area contributed by atoms with Crippen molar-refractivity contribution in [1.29, 1.82) is 0 Å². The Hall–Kier alpha value is -3.03. The number of carbonyl (C=O) groups excluding carboxylic acids is 1. The van der Waals surface area contributed by atoms with Gasteiger partial charge < -0.3 is 10.0 Å². The lowest BCUT2D eigenvalue weighted by atomic mass is 9.94. The maximum absolute atomic E-state index is 13.1. The summed E-state index contributed by atoms with van der Waals surface area (Å²) >= 11 is 6.17. The number of fused-ring (bicyclic) bond motifs is 6. The van der Waals surface area contributed by atoms with Gasteiger partial charge in [0.2, 0.25) is 0 Å². The topological polar surface area (TPSA) is 87.6 Å². The lowest BCUT2D eigenvalue weighted by Gasteiger charge is -2.16. The van der Waals surface area contributed by atoms with E-state index < -0.39 is 11.0 Å². The van der Waals surface area contributed by atoms with Crippen molar-refractivity contribution in [3.63, 3.8) is 0 Å².